The number of hydrogen-bond donors (Lipinski definition) is 0. The third-order valence-corrected chi connectivity index (χ3v) is 6.70. The summed E-state index contributed by atoms with van der Waals surface area (Å²) in [5.74, 6) is 1.58. The minimum absolute atomic E-state index is 0.0117. The van der Waals surface area contributed by atoms with Gasteiger partial charge in [-0.1, -0.05) is 19.1 Å². The molecule has 0 aromatic carbocycles. The maximum atomic E-state index is 13.1. The number of nitrogens with zero attached hydrogens (tertiary/aromatic N) is 6. The number of anilines is 1. The van der Waals surface area contributed by atoms with E-state index in [2.05, 4.69) is 27.9 Å². The maximum Gasteiger partial charge on any atom is 0.272 e. The fourth-order valence-corrected chi connectivity index (χ4v) is 5.00. The van der Waals surface area contributed by atoms with Gasteiger partial charge in [-0.3, -0.25) is 14.8 Å². The molecule has 0 radical (unpaired) electrons. The van der Waals surface area contributed by atoms with E-state index >= 15 is 0 Å². The van der Waals surface area contributed by atoms with E-state index in [1.807, 2.05) is 35.5 Å². The second-order valence-electron chi connectivity index (χ2n) is 9.21. The summed E-state index contributed by atoms with van der Waals surface area (Å²) in [4.78, 5) is 35.8. The Morgan fingerprint density at radius 3 is 2.67 bits per heavy atom. The lowest BCUT2D eigenvalue weighted by molar-refractivity contribution is 0.0700. The number of pyridine rings is 2. The first-order valence-corrected chi connectivity index (χ1v) is 11.9. The van der Waals surface area contributed by atoms with Crippen LogP contribution in [0.25, 0.3) is 11.1 Å². The number of aromatic nitrogens is 4. The van der Waals surface area contributed by atoms with Gasteiger partial charge in [0, 0.05) is 68.0 Å². The van der Waals surface area contributed by atoms with Crippen LogP contribution in [0.1, 0.15) is 54.7 Å². The molecule has 170 valence electrons. The monoisotopic (exact) mass is 442 g/mol. The second kappa shape index (κ2) is 9.65. The lowest BCUT2D eigenvalue weighted by Crippen LogP contribution is -2.40. The van der Waals surface area contributed by atoms with Crippen LogP contribution >= 0.6 is 0 Å². The minimum Gasteiger partial charge on any atom is -0.341 e. The second-order valence-corrected chi connectivity index (χ2v) is 9.21. The predicted molar refractivity (Wildman–Crippen MR) is 128 cm³/mol. The van der Waals surface area contributed by atoms with E-state index in [4.69, 9.17) is 9.97 Å². The number of carbonyl (C=O) groups excluding carboxylic acids is 1. The molecule has 2 fully saturated rings. The smallest absolute Gasteiger partial charge is 0.272 e. The topological polar surface area (TPSA) is 75.1 Å². The Kier molecular flexibility index (Phi) is 6.28. The first-order valence-electron chi connectivity index (χ1n) is 11.9. The quantitative estimate of drug-likeness (QED) is 0.603. The molecule has 2 saturated heterocycles. The Hall–Kier alpha value is -3.35. The molecule has 3 aromatic rings. The van der Waals surface area contributed by atoms with E-state index in [0.29, 0.717) is 18.2 Å². The zero-order chi connectivity index (χ0) is 22.6. The maximum absolute atomic E-state index is 13.1. The Labute approximate surface area is 194 Å². The highest BCUT2D eigenvalue weighted by atomic mass is 16.2. The number of piperidine rings is 2. The van der Waals surface area contributed by atoms with E-state index in [1.165, 1.54) is 12.8 Å². The van der Waals surface area contributed by atoms with Crippen molar-refractivity contribution in [2.45, 2.75) is 38.5 Å². The van der Waals surface area contributed by atoms with E-state index in [9.17, 15) is 4.79 Å². The first kappa shape index (κ1) is 21.5. The van der Waals surface area contributed by atoms with Crippen molar-refractivity contribution in [3.05, 3.63) is 66.5 Å². The zero-order valence-corrected chi connectivity index (χ0v) is 19.1. The highest BCUT2D eigenvalue weighted by Crippen LogP contribution is 2.34. The number of rotatable bonds is 4. The van der Waals surface area contributed by atoms with Crippen LogP contribution in [0.2, 0.25) is 0 Å². The minimum atomic E-state index is -0.0117. The third kappa shape index (κ3) is 4.72. The van der Waals surface area contributed by atoms with E-state index in [0.717, 1.165) is 55.2 Å². The Bertz CT molecular complexity index is 1090. The van der Waals surface area contributed by atoms with Crippen molar-refractivity contribution >= 4 is 11.9 Å². The standard InChI is InChI=1S/C26H30N6O/c1-19-7-5-14-32(17-19)26-29-16-22(20-8-4-11-27-15-20)24(30-26)21-9-6-13-31(18-21)25(33)23-10-2-3-12-28-23/h2-4,8,10-12,15-16,19,21H,5-7,9,13-14,17-18H2,1H3/t19-,21-/m0/s1. The highest BCUT2D eigenvalue weighted by Gasteiger charge is 2.30. The van der Waals surface area contributed by atoms with Crippen molar-refractivity contribution in [1.82, 2.24) is 24.8 Å². The zero-order valence-electron chi connectivity index (χ0n) is 19.1. The lowest BCUT2D eigenvalue weighted by Gasteiger charge is -2.34. The summed E-state index contributed by atoms with van der Waals surface area (Å²) >= 11 is 0. The van der Waals surface area contributed by atoms with Gasteiger partial charge in [-0.2, -0.15) is 0 Å². The number of hydrogen-bond acceptors (Lipinski definition) is 6. The molecule has 5 rings (SSSR count). The molecular formula is C26H30N6O. The van der Waals surface area contributed by atoms with Crippen LogP contribution in [0.15, 0.2) is 55.1 Å². The van der Waals surface area contributed by atoms with Crippen molar-refractivity contribution in [1.29, 1.82) is 0 Å². The van der Waals surface area contributed by atoms with E-state index < -0.39 is 0 Å². The molecule has 3 aromatic heterocycles. The molecule has 0 spiro atoms. The molecule has 2 atom stereocenters. The largest absolute Gasteiger partial charge is 0.341 e. The number of likely N-dealkylation sites (tertiary alicyclic amines) is 1. The van der Waals surface area contributed by atoms with Crippen molar-refractivity contribution in [3.63, 3.8) is 0 Å². The molecular weight excluding hydrogens is 412 g/mol. The fourth-order valence-electron chi connectivity index (χ4n) is 5.00. The molecule has 5 heterocycles. The summed E-state index contributed by atoms with van der Waals surface area (Å²) in [5.41, 5.74) is 3.54. The number of carbonyl (C=O) groups is 1. The summed E-state index contributed by atoms with van der Waals surface area (Å²) in [5, 5.41) is 0. The van der Waals surface area contributed by atoms with Gasteiger partial charge in [0.25, 0.3) is 5.91 Å². The van der Waals surface area contributed by atoms with Crippen molar-refractivity contribution < 1.29 is 4.79 Å². The molecule has 33 heavy (non-hydrogen) atoms. The van der Waals surface area contributed by atoms with Gasteiger partial charge in [-0.25, -0.2) is 9.97 Å². The summed E-state index contributed by atoms with van der Waals surface area (Å²) in [6, 6.07) is 9.47. The van der Waals surface area contributed by atoms with Crippen molar-refractivity contribution in [2.24, 2.45) is 5.92 Å². The fraction of sp³-hybridized carbons (Fsp3) is 0.423. The predicted octanol–water partition coefficient (Wildman–Crippen LogP) is 4.19. The van der Waals surface area contributed by atoms with Crippen LogP contribution in [0.5, 0.6) is 0 Å². The van der Waals surface area contributed by atoms with Gasteiger partial charge in [-0.15, -0.1) is 0 Å². The van der Waals surface area contributed by atoms with Crippen LogP contribution in [0.3, 0.4) is 0 Å². The number of amides is 1. The van der Waals surface area contributed by atoms with Crippen molar-refractivity contribution in [2.75, 3.05) is 31.1 Å². The summed E-state index contributed by atoms with van der Waals surface area (Å²) in [6.07, 6.45) is 11.6. The van der Waals surface area contributed by atoms with Crippen LogP contribution in [0.4, 0.5) is 5.95 Å². The third-order valence-electron chi connectivity index (χ3n) is 6.70. The van der Waals surface area contributed by atoms with Crippen LogP contribution in [-0.2, 0) is 0 Å². The van der Waals surface area contributed by atoms with E-state index in [-0.39, 0.29) is 11.8 Å². The lowest BCUT2D eigenvalue weighted by atomic mass is 9.90. The normalized spacial score (nSPS) is 21.1. The van der Waals surface area contributed by atoms with Gasteiger partial charge in [-0.05, 0) is 49.8 Å². The van der Waals surface area contributed by atoms with Gasteiger partial charge in [0.1, 0.15) is 5.69 Å². The molecule has 0 aliphatic carbocycles. The van der Waals surface area contributed by atoms with Crippen molar-refractivity contribution in [3.8, 4) is 11.1 Å². The molecule has 2 aliphatic rings. The molecule has 0 saturated carbocycles. The highest BCUT2D eigenvalue weighted by molar-refractivity contribution is 5.92. The van der Waals surface area contributed by atoms with Gasteiger partial charge in [0.15, 0.2) is 0 Å². The Morgan fingerprint density at radius 1 is 0.970 bits per heavy atom. The summed E-state index contributed by atoms with van der Waals surface area (Å²) in [7, 11) is 0. The summed E-state index contributed by atoms with van der Waals surface area (Å²) in [6.45, 7) is 5.65. The Balaban J connectivity index is 1.48. The van der Waals surface area contributed by atoms with Crippen LogP contribution in [-0.4, -0.2) is 56.9 Å². The van der Waals surface area contributed by atoms with E-state index in [1.54, 1.807) is 18.5 Å². The molecule has 1 amide bonds. The molecule has 7 heteroatoms. The van der Waals surface area contributed by atoms with Crippen LogP contribution in [0, 0.1) is 5.92 Å². The van der Waals surface area contributed by atoms with Gasteiger partial charge in [0.2, 0.25) is 5.95 Å². The molecule has 2 aliphatic heterocycles. The average Bonchev–Trinajstić information content (AvgIpc) is 2.89. The van der Waals surface area contributed by atoms with Gasteiger partial charge >= 0.3 is 0 Å². The molecule has 0 bridgehead atoms. The van der Waals surface area contributed by atoms with Crippen LogP contribution < -0.4 is 4.90 Å². The first-order chi connectivity index (χ1) is 16.2. The van der Waals surface area contributed by atoms with Gasteiger partial charge in [0.05, 0.1) is 5.69 Å². The molecule has 7 nitrogen and oxygen atoms in total. The Morgan fingerprint density at radius 2 is 1.88 bits per heavy atom. The van der Waals surface area contributed by atoms with Gasteiger partial charge < -0.3 is 9.80 Å². The SMILES string of the molecule is C[C@H]1CCCN(c2ncc(-c3cccnc3)c([C@H]3CCCN(C(=O)c4ccccn4)C3)n2)C1. The summed E-state index contributed by atoms with van der Waals surface area (Å²) < 4.78 is 0. The average molecular weight is 443 g/mol. The molecule has 0 unspecified atom stereocenters. The molecule has 0 N–H and O–H groups in total.